The van der Waals surface area contributed by atoms with Crippen molar-refractivity contribution >= 4 is 5.91 Å². The molecule has 0 aliphatic rings. The number of nitrogens with one attached hydrogen (secondary N) is 1. The summed E-state index contributed by atoms with van der Waals surface area (Å²) in [6.45, 7) is 1.69. The molecule has 0 bridgehead atoms. The van der Waals surface area contributed by atoms with Crippen molar-refractivity contribution in [1.82, 2.24) is 5.32 Å². The van der Waals surface area contributed by atoms with Gasteiger partial charge in [-0.25, -0.2) is 8.78 Å². The normalized spacial score (nSPS) is 13.7. The van der Waals surface area contributed by atoms with E-state index < -0.39 is 29.6 Å². The minimum atomic E-state index is -0.745. The Balaban J connectivity index is 2.23. The number of carbonyl (C=O) groups is 1. The summed E-state index contributed by atoms with van der Waals surface area (Å²) in [6, 6.07) is 11.0. The molecule has 3 N–H and O–H groups in total. The van der Waals surface area contributed by atoms with E-state index in [4.69, 9.17) is 5.73 Å². The molecular weight excluding hydrogens is 274 g/mol. The average Bonchev–Trinajstić information content (AvgIpc) is 2.45. The van der Waals surface area contributed by atoms with E-state index in [2.05, 4.69) is 5.32 Å². The van der Waals surface area contributed by atoms with Crippen LogP contribution >= 0.6 is 0 Å². The predicted molar refractivity (Wildman–Crippen MR) is 76.3 cm³/mol. The van der Waals surface area contributed by atoms with Crippen LogP contribution in [0.3, 0.4) is 0 Å². The van der Waals surface area contributed by atoms with E-state index in [1.807, 2.05) is 6.07 Å². The zero-order valence-corrected chi connectivity index (χ0v) is 11.5. The number of halogens is 2. The van der Waals surface area contributed by atoms with Gasteiger partial charge in [-0.05, 0) is 18.6 Å². The second-order valence-electron chi connectivity index (χ2n) is 4.80. The summed E-state index contributed by atoms with van der Waals surface area (Å²) in [6.07, 6.45) is 0. The lowest BCUT2D eigenvalue weighted by Gasteiger charge is -2.22. The maximum Gasteiger partial charge on any atom is 0.239 e. The van der Waals surface area contributed by atoms with Crippen molar-refractivity contribution < 1.29 is 13.6 Å². The van der Waals surface area contributed by atoms with E-state index in [0.29, 0.717) is 5.56 Å². The Bertz CT molecular complexity index is 631. The number of carbonyl (C=O) groups excluding carboxylic acids is 1. The highest BCUT2D eigenvalue weighted by molar-refractivity contribution is 5.81. The highest BCUT2D eigenvalue weighted by atomic mass is 19.1. The molecule has 0 saturated heterocycles. The van der Waals surface area contributed by atoms with Crippen LogP contribution in [0.15, 0.2) is 48.5 Å². The van der Waals surface area contributed by atoms with Gasteiger partial charge in [0.1, 0.15) is 17.7 Å². The molecule has 21 heavy (non-hydrogen) atoms. The molecule has 0 aliphatic carbocycles. The second kappa shape index (κ2) is 6.45. The fourth-order valence-electron chi connectivity index (χ4n) is 2.18. The van der Waals surface area contributed by atoms with Gasteiger partial charge in [0.2, 0.25) is 5.91 Å². The molecule has 0 spiro atoms. The number of hydrogen-bond donors (Lipinski definition) is 2. The summed E-state index contributed by atoms with van der Waals surface area (Å²) < 4.78 is 26.7. The monoisotopic (exact) mass is 290 g/mol. The average molecular weight is 290 g/mol. The standard InChI is InChI=1S/C16H16F2N2O/c1-10(13-8-7-12(17)9-14(13)18)20-15(16(19)21)11-5-3-2-4-6-11/h2-10,15,20H,1H3,(H2,19,21)/t10-,15+/m1/s1. The Hall–Kier alpha value is -2.27. The van der Waals surface area contributed by atoms with Gasteiger partial charge < -0.3 is 5.73 Å². The van der Waals surface area contributed by atoms with Gasteiger partial charge in [-0.15, -0.1) is 0 Å². The van der Waals surface area contributed by atoms with E-state index in [1.165, 1.54) is 12.1 Å². The van der Waals surface area contributed by atoms with Crippen LogP contribution in [0.5, 0.6) is 0 Å². The third-order valence-corrected chi connectivity index (χ3v) is 3.26. The minimum absolute atomic E-state index is 0.276. The molecule has 0 radical (unpaired) electrons. The van der Waals surface area contributed by atoms with Crippen molar-refractivity contribution in [3.63, 3.8) is 0 Å². The van der Waals surface area contributed by atoms with Crippen LogP contribution in [0.1, 0.15) is 30.1 Å². The van der Waals surface area contributed by atoms with Gasteiger partial charge in [-0.1, -0.05) is 36.4 Å². The molecule has 0 aromatic heterocycles. The van der Waals surface area contributed by atoms with Crippen molar-refractivity contribution in [2.75, 3.05) is 0 Å². The molecule has 2 aromatic carbocycles. The number of primary amides is 1. The van der Waals surface area contributed by atoms with E-state index in [0.717, 1.165) is 6.07 Å². The lowest BCUT2D eigenvalue weighted by molar-refractivity contribution is -0.120. The molecular formula is C16H16F2N2O. The number of rotatable bonds is 5. The van der Waals surface area contributed by atoms with E-state index in [9.17, 15) is 13.6 Å². The number of hydrogen-bond acceptors (Lipinski definition) is 2. The fourth-order valence-corrected chi connectivity index (χ4v) is 2.18. The maximum atomic E-state index is 13.8. The maximum absolute atomic E-state index is 13.8. The first kappa shape index (κ1) is 15.1. The van der Waals surface area contributed by atoms with Gasteiger partial charge in [0.05, 0.1) is 0 Å². The van der Waals surface area contributed by atoms with Crippen molar-refractivity contribution in [3.05, 3.63) is 71.3 Å². The molecule has 1 amide bonds. The smallest absolute Gasteiger partial charge is 0.239 e. The first-order valence-corrected chi connectivity index (χ1v) is 6.54. The van der Waals surface area contributed by atoms with E-state index in [-0.39, 0.29) is 5.56 Å². The Labute approximate surface area is 121 Å². The zero-order chi connectivity index (χ0) is 15.4. The van der Waals surface area contributed by atoms with Crippen LogP contribution in [0.4, 0.5) is 8.78 Å². The van der Waals surface area contributed by atoms with Gasteiger partial charge >= 0.3 is 0 Å². The first-order valence-electron chi connectivity index (χ1n) is 6.54. The summed E-state index contributed by atoms with van der Waals surface area (Å²) in [5.74, 6) is -1.86. The zero-order valence-electron chi connectivity index (χ0n) is 11.5. The molecule has 110 valence electrons. The topological polar surface area (TPSA) is 55.1 Å². The quantitative estimate of drug-likeness (QED) is 0.889. The van der Waals surface area contributed by atoms with Crippen molar-refractivity contribution in [1.29, 1.82) is 0 Å². The summed E-state index contributed by atoms with van der Waals surface area (Å²) in [5.41, 5.74) is 6.37. The third kappa shape index (κ3) is 3.64. The van der Waals surface area contributed by atoms with E-state index >= 15 is 0 Å². The van der Waals surface area contributed by atoms with Crippen LogP contribution < -0.4 is 11.1 Å². The van der Waals surface area contributed by atoms with Crippen LogP contribution in [-0.2, 0) is 4.79 Å². The highest BCUT2D eigenvalue weighted by Gasteiger charge is 2.21. The molecule has 5 heteroatoms. The third-order valence-electron chi connectivity index (χ3n) is 3.26. The molecule has 0 heterocycles. The van der Waals surface area contributed by atoms with Gasteiger partial charge in [0.25, 0.3) is 0 Å². The van der Waals surface area contributed by atoms with Crippen molar-refractivity contribution in [3.8, 4) is 0 Å². The highest BCUT2D eigenvalue weighted by Crippen LogP contribution is 2.22. The van der Waals surface area contributed by atoms with Crippen molar-refractivity contribution in [2.45, 2.75) is 19.0 Å². The minimum Gasteiger partial charge on any atom is -0.368 e. The summed E-state index contributed by atoms with van der Waals surface area (Å²) in [5, 5.41) is 2.97. The molecule has 0 saturated carbocycles. The van der Waals surface area contributed by atoms with Crippen LogP contribution in [0, 0.1) is 11.6 Å². The predicted octanol–water partition coefficient (Wildman–Crippen LogP) is 2.84. The van der Waals surface area contributed by atoms with Gasteiger partial charge in [0, 0.05) is 17.7 Å². The molecule has 2 aromatic rings. The van der Waals surface area contributed by atoms with E-state index in [1.54, 1.807) is 31.2 Å². The molecule has 2 rings (SSSR count). The Morgan fingerprint density at radius 3 is 2.38 bits per heavy atom. The number of amides is 1. The van der Waals surface area contributed by atoms with Gasteiger partial charge in [0.15, 0.2) is 0 Å². The first-order chi connectivity index (χ1) is 9.99. The van der Waals surface area contributed by atoms with Crippen molar-refractivity contribution in [2.24, 2.45) is 5.73 Å². The van der Waals surface area contributed by atoms with Gasteiger partial charge in [-0.2, -0.15) is 0 Å². The number of benzene rings is 2. The molecule has 0 fully saturated rings. The summed E-state index contributed by atoms with van der Waals surface area (Å²) >= 11 is 0. The lowest BCUT2D eigenvalue weighted by atomic mass is 10.0. The number of nitrogens with two attached hydrogens (primary N) is 1. The lowest BCUT2D eigenvalue weighted by Crippen LogP contribution is -2.35. The molecule has 3 nitrogen and oxygen atoms in total. The van der Waals surface area contributed by atoms with Crippen LogP contribution in [-0.4, -0.2) is 5.91 Å². The van der Waals surface area contributed by atoms with Crippen LogP contribution in [0.2, 0.25) is 0 Å². The summed E-state index contributed by atoms with van der Waals surface area (Å²) in [4.78, 5) is 11.6. The molecule has 0 aliphatic heterocycles. The largest absolute Gasteiger partial charge is 0.368 e. The Kier molecular flexibility index (Phi) is 4.65. The Morgan fingerprint density at radius 2 is 1.81 bits per heavy atom. The summed E-state index contributed by atoms with van der Waals surface area (Å²) in [7, 11) is 0. The SMILES string of the molecule is C[C@@H](N[C@H](C(N)=O)c1ccccc1)c1ccc(F)cc1F. The van der Waals surface area contributed by atoms with Gasteiger partial charge in [-0.3, -0.25) is 10.1 Å². The van der Waals surface area contributed by atoms with Crippen LogP contribution in [0.25, 0.3) is 0 Å². The Morgan fingerprint density at radius 1 is 1.14 bits per heavy atom. The fraction of sp³-hybridized carbons (Fsp3) is 0.188. The molecule has 2 atom stereocenters. The molecule has 0 unspecified atom stereocenters. The second-order valence-corrected chi connectivity index (χ2v) is 4.80.